The van der Waals surface area contributed by atoms with Gasteiger partial charge in [0, 0.05) is 31.9 Å². The van der Waals surface area contributed by atoms with Crippen LogP contribution in [-0.4, -0.2) is 23.2 Å². The second-order valence-electron chi connectivity index (χ2n) is 5.00. The van der Waals surface area contributed by atoms with Gasteiger partial charge in [-0.1, -0.05) is 17.8 Å². The molecule has 0 bridgehead atoms. The largest absolute Gasteiger partial charge is 0.464 e. The monoisotopic (exact) mass is 355 g/mol. The molecule has 2 heterocycles. The lowest BCUT2D eigenvalue weighted by Gasteiger charge is -2.05. The van der Waals surface area contributed by atoms with Gasteiger partial charge in [-0.05, 0) is 23.8 Å². The minimum Gasteiger partial charge on any atom is -0.464 e. The Bertz CT molecular complexity index is 623. The van der Waals surface area contributed by atoms with Crippen LogP contribution >= 0.6 is 11.8 Å². The normalized spacial score (nSPS) is 11.0. The summed E-state index contributed by atoms with van der Waals surface area (Å²) in [6, 6.07) is 7.15. The molecule has 0 saturated carbocycles. The molecule has 0 aliphatic carbocycles. The van der Waals surface area contributed by atoms with Crippen LogP contribution in [0.5, 0.6) is 0 Å². The second kappa shape index (κ2) is 10.0. The molecule has 2 aromatic rings. The first-order valence-corrected chi connectivity index (χ1v) is 8.52. The third kappa shape index (κ3) is 7.10. The quantitative estimate of drug-likeness (QED) is 0.642. The fourth-order valence-corrected chi connectivity index (χ4v) is 2.39. The van der Waals surface area contributed by atoms with Crippen molar-refractivity contribution in [3.05, 3.63) is 53.7 Å². The highest BCUT2D eigenvalue weighted by Crippen LogP contribution is 2.21. The van der Waals surface area contributed by atoms with Gasteiger partial charge in [-0.2, -0.15) is 8.78 Å². The summed E-state index contributed by atoms with van der Waals surface area (Å²) in [6.07, 6.45) is 3.73. The Hall–Kier alpha value is -1.93. The van der Waals surface area contributed by atoms with E-state index in [4.69, 9.17) is 4.42 Å². The molecular formula is C16H19F2N3O2S. The van der Waals surface area contributed by atoms with E-state index in [9.17, 15) is 13.6 Å². The first-order chi connectivity index (χ1) is 11.6. The summed E-state index contributed by atoms with van der Waals surface area (Å²) >= 11 is 0.529. The SMILES string of the molecule is O=C(CCNCc1ccc(CSC(F)F)o1)NCc1cccnc1. The molecule has 8 heteroatoms. The lowest BCUT2D eigenvalue weighted by atomic mass is 10.3. The van der Waals surface area contributed by atoms with Crippen molar-refractivity contribution in [1.29, 1.82) is 0 Å². The number of nitrogens with one attached hydrogen (secondary N) is 2. The van der Waals surface area contributed by atoms with Gasteiger partial charge in [0.25, 0.3) is 5.76 Å². The topological polar surface area (TPSA) is 67.2 Å². The van der Waals surface area contributed by atoms with Gasteiger partial charge in [0.15, 0.2) is 0 Å². The fourth-order valence-electron chi connectivity index (χ4n) is 1.95. The average Bonchev–Trinajstić information content (AvgIpc) is 3.04. The summed E-state index contributed by atoms with van der Waals surface area (Å²) < 4.78 is 29.6. The molecule has 5 nitrogen and oxygen atoms in total. The summed E-state index contributed by atoms with van der Waals surface area (Å²) in [5.74, 6) is -1.13. The molecule has 130 valence electrons. The predicted octanol–water partition coefficient (Wildman–Crippen LogP) is 2.93. The third-order valence-electron chi connectivity index (χ3n) is 3.11. The van der Waals surface area contributed by atoms with Crippen LogP contribution in [0.2, 0.25) is 0 Å². The maximum Gasteiger partial charge on any atom is 0.284 e. The van der Waals surface area contributed by atoms with Crippen LogP contribution in [0.15, 0.2) is 41.1 Å². The molecule has 2 rings (SSSR count). The number of hydrogen-bond donors (Lipinski definition) is 2. The van der Waals surface area contributed by atoms with Crippen molar-refractivity contribution in [3.63, 3.8) is 0 Å². The number of amides is 1. The molecule has 0 spiro atoms. The molecule has 2 aromatic heterocycles. The standard InChI is InChI=1S/C16H19F2N3O2S/c17-16(18)24-11-14-4-3-13(23-14)10-20-7-5-15(22)21-9-12-2-1-6-19-8-12/h1-4,6,8,16,20H,5,7,9-11H2,(H,21,22). The highest BCUT2D eigenvalue weighted by atomic mass is 32.2. The molecule has 24 heavy (non-hydrogen) atoms. The molecule has 0 aromatic carbocycles. The number of nitrogens with zero attached hydrogens (tertiary/aromatic N) is 1. The van der Waals surface area contributed by atoms with E-state index in [2.05, 4.69) is 15.6 Å². The summed E-state index contributed by atoms with van der Waals surface area (Å²) in [5.41, 5.74) is 0.948. The Morgan fingerprint density at radius 1 is 1.25 bits per heavy atom. The van der Waals surface area contributed by atoms with Gasteiger partial charge in [-0.3, -0.25) is 9.78 Å². The van der Waals surface area contributed by atoms with E-state index in [1.807, 2.05) is 12.1 Å². The number of rotatable bonds is 10. The van der Waals surface area contributed by atoms with E-state index in [1.54, 1.807) is 24.5 Å². The number of alkyl halides is 2. The number of carbonyl (C=O) groups excluding carboxylic acids is 1. The Morgan fingerprint density at radius 3 is 2.83 bits per heavy atom. The van der Waals surface area contributed by atoms with Crippen LogP contribution in [0.4, 0.5) is 8.78 Å². The molecular weight excluding hydrogens is 336 g/mol. The van der Waals surface area contributed by atoms with Gasteiger partial charge < -0.3 is 15.1 Å². The molecule has 2 N–H and O–H groups in total. The zero-order valence-electron chi connectivity index (χ0n) is 13.0. The van der Waals surface area contributed by atoms with Crippen LogP contribution in [0.3, 0.4) is 0 Å². The van der Waals surface area contributed by atoms with Crippen molar-refractivity contribution in [2.45, 2.75) is 31.0 Å². The zero-order valence-corrected chi connectivity index (χ0v) is 13.8. The van der Waals surface area contributed by atoms with Crippen LogP contribution in [-0.2, 0) is 23.6 Å². The maximum atomic E-state index is 12.1. The Morgan fingerprint density at radius 2 is 2.08 bits per heavy atom. The molecule has 0 atom stereocenters. The van der Waals surface area contributed by atoms with Crippen LogP contribution in [0.25, 0.3) is 0 Å². The van der Waals surface area contributed by atoms with Gasteiger partial charge in [-0.15, -0.1) is 0 Å². The summed E-state index contributed by atoms with van der Waals surface area (Å²) in [4.78, 5) is 15.7. The lowest BCUT2D eigenvalue weighted by Crippen LogP contribution is -2.27. The van der Waals surface area contributed by atoms with E-state index in [1.165, 1.54) is 0 Å². The Balaban J connectivity index is 1.58. The maximum absolute atomic E-state index is 12.1. The number of aromatic nitrogens is 1. The van der Waals surface area contributed by atoms with E-state index in [-0.39, 0.29) is 11.7 Å². The number of pyridine rings is 1. The molecule has 0 unspecified atom stereocenters. The van der Waals surface area contributed by atoms with Crippen molar-refractivity contribution in [2.75, 3.05) is 6.54 Å². The van der Waals surface area contributed by atoms with E-state index < -0.39 is 5.76 Å². The molecule has 0 saturated heterocycles. The number of carbonyl (C=O) groups is 1. The van der Waals surface area contributed by atoms with Crippen molar-refractivity contribution in [2.24, 2.45) is 0 Å². The van der Waals surface area contributed by atoms with E-state index >= 15 is 0 Å². The van der Waals surface area contributed by atoms with Gasteiger partial charge >= 0.3 is 0 Å². The highest BCUT2D eigenvalue weighted by Gasteiger charge is 2.07. The molecule has 0 radical (unpaired) electrons. The van der Waals surface area contributed by atoms with Crippen molar-refractivity contribution < 1.29 is 18.0 Å². The van der Waals surface area contributed by atoms with Crippen molar-refractivity contribution in [1.82, 2.24) is 15.6 Å². The van der Waals surface area contributed by atoms with Gasteiger partial charge in [0.1, 0.15) is 11.5 Å². The average molecular weight is 355 g/mol. The van der Waals surface area contributed by atoms with Crippen LogP contribution in [0, 0.1) is 0 Å². The predicted molar refractivity (Wildman–Crippen MR) is 88.4 cm³/mol. The number of hydrogen-bond acceptors (Lipinski definition) is 5. The van der Waals surface area contributed by atoms with E-state index in [0.29, 0.717) is 49.3 Å². The first kappa shape index (κ1) is 18.4. The molecule has 1 amide bonds. The second-order valence-corrected chi connectivity index (χ2v) is 5.98. The van der Waals surface area contributed by atoms with Gasteiger partial charge in [0.2, 0.25) is 5.91 Å². The van der Waals surface area contributed by atoms with Gasteiger partial charge in [0.05, 0.1) is 12.3 Å². The Labute approximate surface area is 143 Å². The third-order valence-corrected chi connectivity index (χ3v) is 3.81. The minimum absolute atomic E-state index is 0.0557. The zero-order chi connectivity index (χ0) is 17.2. The van der Waals surface area contributed by atoms with E-state index in [0.717, 1.165) is 5.56 Å². The summed E-state index contributed by atoms with van der Waals surface area (Å²) in [7, 11) is 0. The fraction of sp³-hybridized carbons (Fsp3) is 0.375. The number of thioether (sulfide) groups is 1. The van der Waals surface area contributed by atoms with Gasteiger partial charge in [-0.25, -0.2) is 0 Å². The molecule has 0 aliphatic rings. The van der Waals surface area contributed by atoms with Crippen LogP contribution in [0.1, 0.15) is 23.5 Å². The summed E-state index contributed by atoms with van der Waals surface area (Å²) in [5, 5.41) is 5.90. The van der Waals surface area contributed by atoms with Crippen molar-refractivity contribution >= 4 is 17.7 Å². The van der Waals surface area contributed by atoms with Crippen molar-refractivity contribution in [3.8, 4) is 0 Å². The highest BCUT2D eigenvalue weighted by molar-refractivity contribution is 7.98. The number of furan rings is 1. The minimum atomic E-state index is -2.40. The van der Waals surface area contributed by atoms with Crippen LogP contribution < -0.4 is 10.6 Å². The lowest BCUT2D eigenvalue weighted by molar-refractivity contribution is -0.121. The Kier molecular flexibility index (Phi) is 7.70. The summed E-state index contributed by atoms with van der Waals surface area (Å²) in [6.45, 7) is 1.41. The smallest absolute Gasteiger partial charge is 0.284 e. The molecule has 0 aliphatic heterocycles. The molecule has 0 fully saturated rings. The first-order valence-electron chi connectivity index (χ1n) is 7.47. The number of halogens is 2.